The third kappa shape index (κ3) is 3.83. The maximum Gasteiger partial charge on any atom is 0.328 e. The Morgan fingerprint density at radius 2 is 2.24 bits per heavy atom. The van der Waals surface area contributed by atoms with Gasteiger partial charge in [-0.2, -0.15) is 5.10 Å². The van der Waals surface area contributed by atoms with Crippen LogP contribution < -0.4 is 5.32 Å². The summed E-state index contributed by atoms with van der Waals surface area (Å²) in [5, 5.41) is 7.85. The molecule has 0 spiro atoms. The molecule has 0 bridgehead atoms. The number of hydrogen-bond donors (Lipinski definition) is 1. The molecule has 0 aromatic carbocycles. The first-order valence-electron chi connectivity index (χ1n) is 7.81. The van der Waals surface area contributed by atoms with Crippen LogP contribution in [0.25, 0.3) is 0 Å². The molecular formula is C15H26N4O2. The van der Waals surface area contributed by atoms with Crippen LogP contribution in [0.5, 0.6) is 0 Å². The number of carbonyl (C=O) groups excluding carboxylic acids is 1. The Hall–Kier alpha value is -1.40. The number of nitrogens with one attached hydrogen (secondary N) is 1. The summed E-state index contributed by atoms with van der Waals surface area (Å²) < 4.78 is 7.11. The Labute approximate surface area is 126 Å². The molecule has 0 aliphatic carbocycles. The van der Waals surface area contributed by atoms with Crippen LogP contribution in [0.3, 0.4) is 0 Å². The van der Waals surface area contributed by atoms with Crippen molar-refractivity contribution in [3.05, 3.63) is 17.5 Å². The Morgan fingerprint density at radius 1 is 1.43 bits per heavy atom. The molecule has 1 fully saturated rings. The first-order chi connectivity index (χ1) is 10.2. The maximum atomic E-state index is 12.5. The average molecular weight is 294 g/mol. The minimum atomic E-state index is -0.339. The van der Waals surface area contributed by atoms with Gasteiger partial charge in [0.2, 0.25) is 0 Å². The number of rotatable bonds is 5. The van der Waals surface area contributed by atoms with Crippen molar-refractivity contribution in [1.29, 1.82) is 0 Å². The van der Waals surface area contributed by atoms with Crippen molar-refractivity contribution in [2.75, 3.05) is 32.8 Å². The lowest BCUT2D eigenvalue weighted by Crippen LogP contribution is -2.38. The summed E-state index contributed by atoms with van der Waals surface area (Å²) in [6, 6.07) is -0.339. The third-order valence-corrected chi connectivity index (χ3v) is 3.82. The van der Waals surface area contributed by atoms with E-state index in [4.69, 9.17) is 4.74 Å². The number of hydrogen-bond acceptors (Lipinski definition) is 5. The van der Waals surface area contributed by atoms with E-state index in [1.165, 1.54) is 0 Å². The summed E-state index contributed by atoms with van der Waals surface area (Å²) in [4.78, 5) is 14.7. The minimum absolute atomic E-state index is 0.165. The SMILES string of the molecule is CCOC(=O)C(c1cn(C)nc1CC)N1CCCNCC1. The molecule has 1 aromatic rings. The normalized spacial score (nSPS) is 18.2. The Kier molecular flexibility index (Phi) is 5.76. The molecule has 2 rings (SSSR count). The fourth-order valence-corrected chi connectivity index (χ4v) is 2.87. The average Bonchev–Trinajstić information content (AvgIpc) is 2.65. The molecule has 21 heavy (non-hydrogen) atoms. The Balaban J connectivity index is 2.32. The Morgan fingerprint density at radius 3 is 2.95 bits per heavy atom. The summed E-state index contributed by atoms with van der Waals surface area (Å²) in [5.74, 6) is -0.165. The molecule has 1 saturated heterocycles. The first-order valence-corrected chi connectivity index (χ1v) is 7.81. The number of aryl methyl sites for hydroxylation is 2. The Bertz CT molecular complexity index is 464. The molecule has 0 amide bonds. The van der Waals surface area contributed by atoms with Gasteiger partial charge in [-0.1, -0.05) is 6.92 Å². The number of aromatic nitrogens is 2. The molecule has 6 heteroatoms. The monoisotopic (exact) mass is 294 g/mol. The van der Waals surface area contributed by atoms with Gasteiger partial charge in [0.25, 0.3) is 0 Å². The van der Waals surface area contributed by atoms with Gasteiger partial charge in [0, 0.05) is 38.4 Å². The number of nitrogens with zero attached hydrogens (tertiary/aromatic N) is 3. The summed E-state index contributed by atoms with van der Waals surface area (Å²) >= 11 is 0. The lowest BCUT2D eigenvalue weighted by Gasteiger charge is -2.28. The highest BCUT2D eigenvalue weighted by Crippen LogP contribution is 2.26. The van der Waals surface area contributed by atoms with E-state index >= 15 is 0 Å². The molecule has 1 unspecified atom stereocenters. The number of ether oxygens (including phenoxy) is 1. The van der Waals surface area contributed by atoms with Gasteiger partial charge in [-0.15, -0.1) is 0 Å². The van der Waals surface area contributed by atoms with Crippen molar-refractivity contribution in [3.8, 4) is 0 Å². The van der Waals surface area contributed by atoms with Crippen LogP contribution in [0.2, 0.25) is 0 Å². The van der Waals surface area contributed by atoms with Crippen LogP contribution in [-0.2, 0) is 23.0 Å². The molecular weight excluding hydrogens is 268 g/mol. The first kappa shape index (κ1) is 16.0. The fourth-order valence-electron chi connectivity index (χ4n) is 2.87. The van der Waals surface area contributed by atoms with E-state index in [2.05, 4.69) is 22.2 Å². The van der Waals surface area contributed by atoms with E-state index in [1.807, 2.05) is 20.2 Å². The second-order valence-electron chi connectivity index (χ2n) is 5.35. The van der Waals surface area contributed by atoms with Crippen LogP contribution in [-0.4, -0.2) is 53.4 Å². The van der Waals surface area contributed by atoms with Gasteiger partial charge < -0.3 is 10.1 Å². The second kappa shape index (κ2) is 7.56. The fraction of sp³-hybridized carbons (Fsp3) is 0.733. The lowest BCUT2D eigenvalue weighted by atomic mass is 10.0. The van der Waals surface area contributed by atoms with Gasteiger partial charge in [0.15, 0.2) is 0 Å². The van der Waals surface area contributed by atoms with Crippen LogP contribution in [0.4, 0.5) is 0 Å². The second-order valence-corrected chi connectivity index (χ2v) is 5.35. The molecule has 6 nitrogen and oxygen atoms in total. The highest BCUT2D eigenvalue weighted by molar-refractivity contribution is 5.78. The molecule has 2 heterocycles. The molecule has 1 aromatic heterocycles. The maximum absolute atomic E-state index is 12.5. The van der Waals surface area contributed by atoms with Gasteiger partial charge >= 0.3 is 5.97 Å². The topological polar surface area (TPSA) is 59.4 Å². The molecule has 1 aliphatic heterocycles. The van der Waals surface area contributed by atoms with Crippen LogP contribution in [0.15, 0.2) is 6.20 Å². The van der Waals surface area contributed by atoms with E-state index in [9.17, 15) is 4.79 Å². The summed E-state index contributed by atoms with van der Waals surface area (Å²) in [5.41, 5.74) is 1.97. The van der Waals surface area contributed by atoms with Gasteiger partial charge in [-0.3, -0.25) is 9.58 Å². The highest BCUT2D eigenvalue weighted by Gasteiger charge is 2.32. The predicted octanol–water partition coefficient (Wildman–Crippen LogP) is 0.882. The summed E-state index contributed by atoms with van der Waals surface area (Å²) in [7, 11) is 1.90. The van der Waals surface area contributed by atoms with Crippen LogP contribution in [0, 0.1) is 0 Å². The van der Waals surface area contributed by atoms with Crippen molar-refractivity contribution in [1.82, 2.24) is 20.0 Å². The quantitative estimate of drug-likeness (QED) is 0.817. The molecule has 1 N–H and O–H groups in total. The zero-order valence-electron chi connectivity index (χ0n) is 13.3. The molecule has 1 aliphatic rings. The zero-order valence-corrected chi connectivity index (χ0v) is 13.3. The lowest BCUT2D eigenvalue weighted by molar-refractivity contribution is -0.149. The van der Waals surface area contributed by atoms with Crippen molar-refractivity contribution in [2.24, 2.45) is 7.05 Å². The van der Waals surface area contributed by atoms with Crippen molar-refractivity contribution >= 4 is 5.97 Å². The highest BCUT2D eigenvalue weighted by atomic mass is 16.5. The molecule has 118 valence electrons. The zero-order chi connectivity index (χ0) is 15.2. The van der Waals surface area contributed by atoms with Gasteiger partial charge in [0.05, 0.1) is 12.3 Å². The van der Waals surface area contributed by atoms with Gasteiger partial charge in [0.1, 0.15) is 6.04 Å². The van der Waals surface area contributed by atoms with Crippen LogP contribution >= 0.6 is 0 Å². The standard InChI is InChI=1S/C15H26N4O2/c1-4-13-12(11-18(3)17-13)14(15(20)21-5-2)19-9-6-7-16-8-10-19/h11,14,16H,4-10H2,1-3H3. The van der Waals surface area contributed by atoms with E-state index < -0.39 is 0 Å². The largest absolute Gasteiger partial charge is 0.465 e. The predicted molar refractivity (Wildman–Crippen MR) is 81.0 cm³/mol. The van der Waals surface area contributed by atoms with E-state index in [0.717, 1.165) is 50.3 Å². The van der Waals surface area contributed by atoms with Gasteiger partial charge in [-0.05, 0) is 26.3 Å². The van der Waals surface area contributed by atoms with Gasteiger partial charge in [-0.25, -0.2) is 4.79 Å². The van der Waals surface area contributed by atoms with Crippen molar-refractivity contribution in [2.45, 2.75) is 32.7 Å². The molecule has 0 saturated carbocycles. The number of esters is 1. The minimum Gasteiger partial charge on any atom is -0.465 e. The molecule has 0 radical (unpaired) electrons. The number of carbonyl (C=O) groups is 1. The van der Waals surface area contributed by atoms with Crippen molar-refractivity contribution in [3.63, 3.8) is 0 Å². The smallest absolute Gasteiger partial charge is 0.328 e. The third-order valence-electron chi connectivity index (χ3n) is 3.82. The molecule has 1 atom stereocenters. The summed E-state index contributed by atoms with van der Waals surface area (Å²) in [6.45, 7) is 7.97. The summed E-state index contributed by atoms with van der Waals surface area (Å²) in [6.07, 6.45) is 3.81. The van der Waals surface area contributed by atoms with E-state index in [-0.39, 0.29) is 12.0 Å². The van der Waals surface area contributed by atoms with Crippen molar-refractivity contribution < 1.29 is 9.53 Å². The van der Waals surface area contributed by atoms with Crippen LogP contribution in [0.1, 0.15) is 37.6 Å². The van der Waals surface area contributed by atoms with E-state index in [1.54, 1.807) is 4.68 Å². The van der Waals surface area contributed by atoms with E-state index in [0.29, 0.717) is 6.61 Å².